The van der Waals surface area contributed by atoms with Gasteiger partial charge in [0.05, 0.1) is 11.9 Å². The van der Waals surface area contributed by atoms with Crippen molar-refractivity contribution in [2.45, 2.75) is 19.8 Å². The molecule has 3 aromatic heterocycles. The Labute approximate surface area is 172 Å². The second-order valence-corrected chi connectivity index (χ2v) is 6.86. The lowest BCUT2D eigenvalue weighted by atomic mass is 10.2. The Bertz CT molecular complexity index is 1170. The quantitative estimate of drug-likeness (QED) is 0.475. The molecule has 29 heavy (non-hydrogen) atoms. The van der Waals surface area contributed by atoms with Gasteiger partial charge < -0.3 is 14.9 Å². The monoisotopic (exact) mass is 443 g/mol. The highest BCUT2D eigenvalue weighted by molar-refractivity contribution is 6.32. The van der Waals surface area contributed by atoms with Crippen LogP contribution in [0, 0.1) is 25.5 Å². The predicted molar refractivity (Wildman–Crippen MR) is 100 cm³/mol. The van der Waals surface area contributed by atoms with E-state index in [1.807, 2.05) is 0 Å². The minimum absolute atomic E-state index is 0.149. The molecule has 152 valence electrons. The van der Waals surface area contributed by atoms with Crippen LogP contribution in [-0.2, 0) is 5.97 Å². The van der Waals surface area contributed by atoms with Crippen LogP contribution in [-0.4, -0.2) is 24.7 Å². The van der Waals surface area contributed by atoms with Crippen molar-refractivity contribution in [1.82, 2.24) is 14.5 Å². The van der Waals surface area contributed by atoms with Gasteiger partial charge in [-0.05, 0) is 25.5 Å². The molecule has 3 aromatic rings. The lowest BCUT2D eigenvalue weighted by Gasteiger charge is -2.24. The van der Waals surface area contributed by atoms with E-state index >= 15 is 0 Å². The van der Waals surface area contributed by atoms with Crippen LogP contribution in [0.3, 0.4) is 0 Å². The Balaban J connectivity index is 2.09. The molecule has 3 heterocycles. The van der Waals surface area contributed by atoms with Crippen molar-refractivity contribution in [2.75, 3.05) is 0 Å². The Kier molecular flexibility index (Phi) is 5.59. The molecule has 11 heteroatoms. The summed E-state index contributed by atoms with van der Waals surface area (Å²) in [5.74, 6) is -6.15. The molecule has 0 saturated heterocycles. The molecule has 0 amide bonds. The van der Waals surface area contributed by atoms with Gasteiger partial charge in [-0.3, -0.25) is 9.36 Å². The zero-order valence-electron chi connectivity index (χ0n) is 15.0. The molecule has 0 aliphatic rings. The number of nitrogens with zero attached hydrogens (tertiary/aromatic N) is 3. The fraction of sp³-hybridized carbons (Fsp3) is 0.167. The zero-order chi connectivity index (χ0) is 21.5. The van der Waals surface area contributed by atoms with Crippen LogP contribution in [0.5, 0.6) is 5.75 Å². The Morgan fingerprint density at radius 3 is 2.45 bits per heavy atom. The van der Waals surface area contributed by atoms with E-state index in [2.05, 4.69) is 9.97 Å². The van der Waals surface area contributed by atoms with Crippen LogP contribution < -0.4 is 10.3 Å². The molecular formula is C18H13Cl2F2N3O4. The summed E-state index contributed by atoms with van der Waals surface area (Å²) >= 11 is 12.0. The van der Waals surface area contributed by atoms with Gasteiger partial charge in [-0.1, -0.05) is 23.2 Å². The van der Waals surface area contributed by atoms with Crippen molar-refractivity contribution < 1.29 is 23.7 Å². The average molecular weight is 444 g/mol. The summed E-state index contributed by atoms with van der Waals surface area (Å²) in [6, 6.07) is 3.09. The van der Waals surface area contributed by atoms with E-state index in [1.54, 1.807) is 6.92 Å². The Hall–Kier alpha value is -2.59. The third-order valence-corrected chi connectivity index (χ3v) is 4.51. The molecule has 0 aliphatic heterocycles. The summed E-state index contributed by atoms with van der Waals surface area (Å²) in [5, 5.41) is 19.8. The second kappa shape index (κ2) is 7.68. The zero-order valence-corrected chi connectivity index (χ0v) is 16.5. The van der Waals surface area contributed by atoms with Crippen molar-refractivity contribution in [3.05, 3.63) is 79.7 Å². The Morgan fingerprint density at radius 2 is 1.79 bits per heavy atom. The van der Waals surface area contributed by atoms with Crippen LogP contribution in [0.2, 0.25) is 10.2 Å². The largest absolute Gasteiger partial charge is 0.433 e. The van der Waals surface area contributed by atoms with Gasteiger partial charge in [-0.2, -0.15) is 0 Å². The molecule has 3 rings (SSSR count). The molecular weight excluding hydrogens is 431 g/mol. The summed E-state index contributed by atoms with van der Waals surface area (Å²) in [4.78, 5) is 20.0. The number of aliphatic hydroxyl groups is 2. The van der Waals surface area contributed by atoms with E-state index in [0.29, 0.717) is 29.2 Å². The van der Waals surface area contributed by atoms with E-state index in [9.17, 15) is 23.8 Å². The molecule has 0 unspecified atom stereocenters. The maximum absolute atomic E-state index is 13.9. The summed E-state index contributed by atoms with van der Waals surface area (Å²) in [6.07, 6.45) is 2.04. The molecule has 2 N–H and O–H groups in total. The maximum Gasteiger partial charge on any atom is 0.372 e. The first-order chi connectivity index (χ1) is 13.5. The number of hydrogen-bond acceptors (Lipinski definition) is 6. The molecule has 0 aromatic carbocycles. The number of hydrogen-bond donors (Lipinski definition) is 2. The molecule has 0 saturated carbocycles. The average Bonchev–Trinajstić information content (AvgIpc) is 2.62. The fourth-order valence-electron chi connectivity index (χ4n) is 2.64. The van der Waals surface area contributed by atoms with Crippen molar-refractivity contribution in [3.63, 3.8) is 0 Å². The van der Waals surface area contributed by atoms with Gasteiger partial charge in [0.1, 0.15) is 16.0 Å². The van der Waals surface area contributed by atoms with Crippen molar-refractivity contribution in [3.8, 4) is 11.4 Å². The summed E-state index contributed by atoms with van der Waals surface area (Å²) in [7, 11) is 0. The van der Waals surface area contributed by atoms with Gasteiger partial charge >= 0.3 is 5.97 Å². The van der Waals surface area contributed by atoms with Crippen LogP contribution in [0.1, 0.15) is 17.0 Å². The van der Waals surface area contributed by atoms with Gasteiger partial charge in [0.2, 0.25) is 0 Å². The SMILES string of the molecule is Cc1cnc(Cl)cc1-n1c(C)cc(OC(O)(O)c2ncc(F)cc2F)c(Cl)c1=O. The number of aryl methyl sites for hydroxylation is 2. The summed E-state index contributed by atoms with van der Waals surface area (Å²) in [5.41, 5.74) is -0.431. The lowest BCUT2D eigenvalue weighted by Crippen LogP contribution is -2.35. The standard InChI is InChI=1S/C18H13Cl2F2N3O4/c1-8-6-23-14(19)5-12(8)25-9(2)3-13(15(20)17(25)26)29-18(27,28)16-11(22)4-10(21)7-24-16/h3-7,27-28H,1-2H3. The summed E-state index contributed by atoms with van der Waals surface area (Å²) in [6.45, 7) is 3.24. The maximum atomic E-state index is 13.9. The number of pyridine rings is 3. The third kappa shape index (κ3) is 4.08. The first kappa shape index (κ1) is 21.1. The van der Waals surface area contributed by atoms with E-state index < -0.39 is 39.6 Å². The molecule has 0 fully saturated rings. The van der Waals surface area contributed by atoms with Crippen LogP contribution in [0.25, 0.3) is 5.69 Å². The van der Waals surface area contributed by atoms with Crippen LogP contribution in [0.15, 0.2) is 35.4 Å². The van der Waals surface area contributed by atoms with Gasteiger partial charge in [-0.25, -0.2) is 18.7 Å². The molecule has 0 spiro atoms. The lowest BCUT2D eigenvalue weighted by molar-refractivity contribution is -0.308. The fourth-order valence-corrected chi connectivity index (χ4v) is 2.97. The molecule has 0 atom stereocenters. The number of ether oxygens (including phenoxy) is 1. The van der Waals surface area contributed by atoms with Crippen molar-refractivity contribution in [2.24, 2.45) is 0 Å². The minimum Gasteiger partial charge on any atom is -0.433 e. The third-order valence-electron chi connectivity index (χ3n) is 3.95. The normalized spacial score (nSPS) is 11.6. The highest BCUT2D eigenvalue weighted by Crippen LogP contribution is 2.30. The van der Waals surface area contributed by atoms with Gasteiger partial charge in [-0.15, -0.1) is 0 Å². The highest BCUT2D eigenvalue weighted by Gasteiger charge is 2.36. The molecule has 0 aliphatic carbocycles. The Morgan fingerprint density at radius 1 is 1.10 bits per heavy atom. The highest BCUT2D eigenvalue weighted by atomic mass is 35.5. The number of rotatable bonds is 4. The first-order valence-corrected chi connectivity index (χ1v) is 8.77. The molecule has 7 nitrogen and oxygen atoms in total. The van der Waals surface area contributed by atoms with Gasteiger partial charge in [0, 0.05) is 24.0 Å². The van der Waals surface area contributed by atoms with Crippen LogP contribution >= 0.6 is 23.2 Å². The topological polar surface area (TPSA) is 97.5 Å². The smallest absolute Gasteiger partial charge is 0.372 e. The van der Waals surface area contributed by atoms with E-state index in [-0.39, 0.29) is 5.15 Å². The van der Waals surface area contributed by atoms with Crippen LogP contribution in [0.4, 0.5) is 8.78 Å². The second-order valence-electron chi connectivity index (χ2n) is 6.09. The minimum atomic E-state index is -3.32. The van der Waals surface area contributed by atoms with E-state index in [0.717, 1.165) is 0 Å². The van der Waals surface area contributed by atoms with Gasteiger partial charge in [0.25, 0.3) is 5.56 Å². The number of halogens is 4. The van der Waals surface area contributed by atoms with Crippen molar-refractivity contribution >= 4 is 23.2 Å². The molecule has 0 radical (unpaired) electrons. The molecule has 0 bridgehead atoms. The van der Waals surface area contributed by atoms with E-state index in [4.69, 9.17) is 27.9 Å². The number of aromatic nitrogens is 3. The van der Waals surface area contributed by atoms with E-state index in [1.165, 1.54) is 29.8 Å². The summed E-state index contributed by atoms with van der Waals surface area (Å²) < 4.78 is 33.0. The van der Waals surface area contributed by atoms with Gasteiger partial charge in [0.15, 0.2) is 17.3 Å². The first-order valence-electron chi connectivity index (χ1n) is 8.01. The van der Waals surface area contributed by atoms with Crippen molar-refractivity contribution in [1.29, 1.82) is 0 Å². The predicted octanol–water partition coefficient (Wildman–Crippen LogP) is 3.00.